The molecule has 2 fully saturated rings. The van der Waals surface area contributed by atoms with Crippen LogP contribution < -0.4 is 4.90 Å². The van der Waals surface area contributed by atoms with Crippen molar-refractivity contribution < 1.29 is 17.9 Å². The molecule has 0 atom stereocenters. The fourth-order valence-corrected chi connectivity index (χ4v) is 6.68. The van der Waals surface area contributed by atoms with Gasteiger partial charge in [0.15, 0.2) is 5.13 Å². The molecule has 33 heavy (non-hydrogen) atoms. The van der Waals surface area contributed by atoms with Crippen LogP contribution in [0.4, 0.5) is 5.13 Å². The van der Waals surface area contributed by atoms with Crippen LogP contribution in [-0.2, 0) is 14.8 Å². The van der Waals surface area contributed by atoms with E-state index in [0.29, 0.717) is 52.5 Å². The number of carbonyl (C=O) groups is 1. The number of nitrogens with zero attached hydrogens (tertiary/aromatic N) is 4. The van der Waals surface area contributed by atoms with Gasteiger partial charge in [-0.1, -0.05) is 35.1 Å². The molecular formula is C22H23ClN4O4S2. The van der Waals surface area contributed by atoms with E-state index in [1.807, 2.05) is 18.2 Å². The summed E-state index contributed by atoms with van der Waals surface area (Å²) in [6.07, 6.45) is 0. The number of hydrogen-bond donors (Lipinski definition) is 0. The van der Waals surface area contributed by atoms with Gasteiger partial charge < -0.3 is 14.5 Å². The Morgan fingerprint density at radius 1 is 1.00 bits per heavy atom. The van der Waals surface area contributed by atoms with E-state index >= 15 is 0 Å². The number of hydrogen-bond acceptors (Lipinski definition) is 7. The fraction of sp³-hybridized carbons (Fsp3) is 0.364. The van der Waals surface area contributed by atoms with Gasteiger partial charge in [0.2, 0.25) is 10.0 Å². The molecule has 0 aliphatic carbocycles. The summed E-state index contributed by atoms with van der Waals surface area (Å²) in [7, 11) is -3.71. The smallest absolute Gasteiger partial charge is 0.255 e. The molecule has 0 saturated carbocycles. The van der Waals surface area contributed by atoms with Gasteiger partial charge in [-0.05, 0) is 30.3 Å². The van der Waals surface area contributed by atoms with Crippen molar-refractivity contribution in [3.63, 3.8) is 0 Å². The molecule has 2 aromatic carbocycles. The zero-order chi connectivity index (χ0) is 23.0. The Morgan fingerprint density at radius 2 is 1.73 bits per heavy atom. The van der Waals surface area contributed by atoms with Crippen LogP contribution >= 0.6 is 22.9 Å². The second kappa shape index (κ2) is 9.19. The molecule has 1 amide bonds. The van der Waals surface area contributed by atoms with Crippen molar-refractivity contribution in [1.29, 1.82) is 0 Å². The van der Waals surface area contributed by atoms with Crippen molar-refractivity contribution in [2.75, 3.05) is 57.4 Å². The number of aromatic nitrogens is 1. The van der Waals surface area contributed by atoms with Gasteiger partial charge >= 0.3 is 0 Å². The Morgan fingerprint density at radius 3 is 2.45 bits per heavy atom. The summed E-state index contributed by atoms with van der Waals surface area (Å²) < 4.78 is 33.8. The largest absolute Gasteiger partial charge is 0.379 e. The number of fused-ring (bicyclic) bond motifs is 1. The van der Waals surface area contributed by atoms with Gasteiger partial charge in [0.1, 0.15) is 0 Å². The Hall–Kier alpha value is -2.24. The number of para-hydroxylation sites is 1. The summed E-state index contributed by atoms with van der Waals surface area (Å²) in [6.45, 7) is 3.61. The summed E-state index contributed by atoms with van der Waals surface area (Å²) in [5.74, 6) is -0.261. The molecular weight excluding hydrogens is 484 g/mol. The molecule has 2 aliphatic heterocycles. The maximum absolute atomic E-state index is 13.2. The van der Waals surface area contributed by atoms with Gasteiger partial charge in [0.25, 0.3) is 5.91 Å². The van der Waals surface area contributed by atoms with Crippen molar-refractivity contribution in [3.05, 3.63) is 53.1 Å². The molecule has 0 bridgehead atoms. The van der Waals surface area contributed by atoms with Gasteiger partial charge in [-0.15, -0.1) is 0 Å². The maximum atomic E-state index is 13.2. The lowest BCUT2D eigenvalue weighted by atomic mass is 10.2. The molecule has 174 valence electrons. The number of morpholine rings is 1. The molecule has 0 unspecified atom stereocenters. The van der Waals surface area contributed by atoms with Crippen LogP contribution in [0.1, 0.15) is 10.4 Å². The quantitative estimate of drug-likeness (QED) is 0.541. The van der Waals surface area contributed by atoms with Crippen molar-refractivity contribution in [2.24, 2.45) is 0 Å². The minimum atomic E-state index is -3.71. The number of thiazole rings is 1. The maximum Gasteiger partial charge on any atom is 0.255 e. The number of rotatable bonds is 4. The molecule has 2 saturated heterocycles. The number of halogens is 1. The molecule has 11 heteroatoms. The molecule has 8 nitrogen and oxygen atoms in total. The lowest BCUT2D eigenvalue weighted by molar-refractivity contribution is 0.0729. The Bertz CT molecular complexity index is 1250. The number of amides is 1. The number of piperazine rings is 1. The molecule has 2 aliphatic rings. The highest BCUT2D eigenvalue weighted by atomic mass is 35.5. The average Bonchev–Trinajstić information content (AvgIpc) is 3.29. The molecule has 0 N–H and O–H groups in total. The van der Waals surface area contributed by atoms with Crippen LogP contribution in [0.25, 0.3) is 10.2 Å². The second-order valence-corrected chi connectivity index (χ2v) is 11.3. The number of sulfonamides is 1. The summed E-state index contributed by atoms with van der Waals surface area (Å²) in [4.78, 5) is 21.9. The summed E-state index contributed by atoms with van der Waals surface area (Å²) in [6, 6.07) is 12.4. The van der Waals surface area contributed by atoms with Crippen LogP contribution in [0.3, 0.4) is 0 Å². The van der Waals surface area contributed by atoms with E-state index in [9.17, 15) is 13.2 Å². The standard InChI is InChI=1S/C22H23ClN4O4S2/c23-18-6-5-16(33(29,30)27-11-13-31-14-12-27)15-17(18)21(28)25-7-9-26(10-8-25)22-24-19-3-1-2-4-20(19)32-22/h1-6,15H,7-14H2. The Balaban J connectivity index is 1.31. The monoisotopic (exact) mass is 506 g/mol. The number of anilines is 1. The van der Waals surface area contributed by atoms with Crippen LogP contribution in [0.2, 0.25) is 5.02 Å². The number of benzene rings is 2. The Labute approximate surface area is 201 Å². The van der Waals surface area contributed by atoms with E-state index in [1.165, 1.54) is 22.5 Å². The van der Waals surface area contributed by atoms with Crippen LogP contribution in [0.15, 0.2) is 47.4 Å². The molecule has 0 radical (unpaired) electrons. The molecule has 3 aromatic rings. The SMILES string of the molecule is O=C(c1cc(S(=O)(=O)N2CCOCC2)ccc1Cl)N1CCN(c2nc3ccccc3s2)CC1. The van der Waals surface area contributed by atoms with E-state index in [0.717, 1.165) is 15.3 Å². The minimum absolute atomic E-state index is 0.0743. The van der Waals surface area contributed by atoms with Crippen molar-refractivity contribution in [1.82, 2.24) is 14.2 Å². The first-order chi connectivity index (χ1) is 15.9. The predicted molar refractivity (Wildman–Crippen MR) is 129 cm³/mol. The predicted octanol–water partition coefficient (Wildman–Crippen LogP) is 2.93. The van der Waals surface area contributed by atoms with Gasteiger partial charge in [-0.25, -0.2) is 13.4 Å². The summed E-state index contributed by atoms with van der Waals surface area (Å²) in [5, 5.41) is 1.19. The van der Waals surface area contributed by atoms with E-state index < -0.39 is 10.0 Å². The van der Waals surface area contributed by atoms with E-state index in [2.05, 4.69) is 11.0 Å². The summed E-state index contributed by atoms with van der Waals surface area (Å²) in [5.41, 5.74) is 1.18. The number of ether oxygens (including phenoxy) is 1. The highest BCUT2D eigenvalue weighted by Gasteiger charge is 2.30. The van der Waals surface area contributed by atoms with Crippen LogP contribution in [0, 0.1) is 0 Å². The normalized spacial score (nSPS) is 18.1. The highest BCUT2D eigenvalue weighted by molar-refractivity contribution is 7.89. The van der Waals surface area contributed by atoms with E-state index in [1.54, 1.807) is 16.2 Å². The minimum Gasteiger partial charge on any atom is -0.379 e. The third-order valence-corrected chi connectivity index (χ3v) is 9.22. The molecule has 3 heterocycles. The van der Waals surface area contributed by atoms with E-state index in [-0.39, 0.29) is 21.4 Å². The lowest BCUT2D eigenvalue weighted by Gasteiger charge is -2.34. The topological polar surface area (TPSA) is 83.0 Å². The molecule has 1 aromatic heterocycles. The zero-order valence-electron chi connectivity index (χ0n) is 17.8. The van der Waals surface area contributed by atoms with Crippen molar-refractivity contribution in [3.8, 4) is 0 Å². The van der Waals surface area contributed by atoms with Gasteiger partial charge in [0, 0.05) is 39.3 Å². The average molecular weight is 507 g/mol. The first-order valence-electron chi connectivity index (χ1n) is 10.7. The van der Waals surface area contributed by atoms with E-state index in [4.69, 9.17) is 21.3 Å². The first kappa shape index (κ1) is 22.5. The Kier molecular flexibility index (Phi) is 6.28. The van der Waals surface area contributed by atoms with Crippen LogP contribution in [-0.4, -0.2) is 81.0 Å². The summed E-state index contributed by atoms with van der Waals surface area (Å²) >= 11 is 7.96. The molecule has 5 rings (SSSR count). The van der Waals surface area contributed by atoms with Crippen LogP contribution in [0.5, 0.6) is 0 Å². The second-order valence-electron chi connectivity index (χ2n) is 7.90. The molecule has 0 spiro atoms. The lowest BCUT2D eigenvalue weighted by Crippen LogP contribution is -2.48. The fourth-order valence-electron chi connectivity index (χ4n) is 4.03. The zero-order valence-corrected chi connectivity index (χ0v) is 20.2. The highest BCUT2D eigenvalue weighted by Crippen LogP contribution is 2.30. The van der Waals surface area contributed by atoms with Crippen molar-refractivity contribution in [2.45, 2.75) is 4.90 Å². The van der Waals surface area contributed by atoms with Gasteiger partial charge in [-0.3, -0.25) is 4.79 Å². The third-order valence-electron chi connectivity index (χ3n) is 5.90. The van der Waals surface area contributed by atoms with Gasteiger partial charge in [-0.2, -0.15) is 4.31 Å². The number of carbonyl (C=O) groups excluding carboxylic acids is 1. The third kappa shape index (κ3) is 4.45. The van der Waals surface area contributed by atoms with Crippen molar-refractivity contribution >= 4 is 54.2 Å². The first-order valence-corrected chi connectivity index (χ1v) is 13.3. The van der Waals surface area contributed by atoms with Gasteiger partial charge in [0.05, 0.1) is 38.9 Å².